The van der Waals surface area contributed by atoms with Gasteiger partial charge in [-0.25, -0.2) is 0 Å². The lowest BCUT2D eigenvalue weighted by molar-refractivity contribution is -0.127. The Morgan fingerprint density at radius 2 is 1.97 bits per heavy atom. The van der Waals surface area contributed by atoms with Crippen molar-refractivity contribution in [2.45, 2.75) is 58.0 Å². The third-order valence-electron chi connectivity index (χ3n) is 5.78. The fourth-order valence-electron chi connectivity index (χ4n) is 4.26. The van der Waals surface area contributed by atoms with Crippen LogP contribution in [0.1, 0.15) is 56.4 Å². The van der Waals surface area contributed by atoms with Crippen LogP contribution in [0.5, 0.6) is 0 Å². The van der Waals surface area contributed by atoms with Gasteiger partial charge in [0, 0.05) is 24.0 Å². The molecule has 1 aromatic heterocycles. The Balaban J connectivity index is 1.72. The van der Waals surface area contributed by atoms with Crippen molar-refractivity contribution in [3.63, 3.8) is 0 Å². The normalized spacial score (nSPS) is 20.2. The minimum atomic E-state index is -0.487. The van der Waals surface area contributed by atoms with Crippen LogP contribution < -0.4 is 10.6 Å². The van der Waals surface area contributed by atoms with Gasteiger partial charge in [-0.15, -0.1) is 0 Å². The minimum Gasteiger partial charge on any atom is -0.347 e. The molecule has 2 amide bonds. The maximum Gasteiger partial charge on any atom is 0.268 e. The molecule has 0 radical (unpaired) electrons. The summed E-state index contributed by atoms with van der Waals surface area (Å²) in [6.45, 7) is 4.06. The quantitative estimate of drug-likeness (QED) is 0.786. The number of benzene rings is 1. The van der Waals surface area contributed by atoms with Gasteiger partial charge in [0.15, 0.2) is 0 Å². The van der Waals surface area contributed by atoms with E-state index < -0.39 is 6.04 Å². The number of carbonyl (C=O) groups is 2. The molecule has 1 heterocycles. The lowest BCUT2D eigenvalue weighted by Gasteiger charge is -2.32. The zero-order chi connectivity index (χ0) is 21.0. The molecule has 1 aliphatic carbocycles. The van der Waals surface area contributed by atoms with Gasteiger partial charge in [0.2, 0.25) is 5.91 Å². The van der Waals surface area contributed by atoms with Gasteiger partial charge in [0.05, 0.1) is 12.0 Å². The van der Waals surface area contributed by atoms with E-state index in [0.717, 1.165) is 36.6 Å². The fourth-order valence-corrected chi connectivity index (χ4v) is 4.26. The summed E-state index contributed by atoms with van der Waals surface area (Å²) in [5.74, 6) is -0.259. The number of hydrogen-bond acceptors (Lipinski definition) is 3. The molecule has 1 fully saturated rings. The molecule has 2 N–H and O–H groups in total. The molecule has 1 saturated carbocycles. The van der Waals surface area contributed by atoms with Crippen molar-refractivity contribution < 1.29 is 9.59 Å². The summed E-state index contributed by atoms with van der Waals surface area (Å²) < 4.78 is 1.89. The smallest absolute Gasteiger partial charge is 0.268 e. The van der Waals surface area contributed by atoms with E-state index in [2.05, 4.69) is 16.7 Å². The predicted molar refractivity (Wildman–Crippen MR) is 113 cm³/mol. The van der Waals surface area contributed by atoms with Crippen molar-refractivity contribution in [1.29, 1.82) is 5.26 Å². The second kappa shape index (κ2) is 9.13. The SMILES string of the molecule is CC(C)CC(C#N)NC(=O)C1CCCCC1NC(=O)c1cc2ccccc2n1C. The number of rotatable bonds is 6. The molecule has 0 aliphatic heterocycles. The zero-order valence-electron chi connectivity index (χ0n) is 17.4. The van der Waals surface area contributed by atoms with Gasteiger partial charge < -0.3 is 15.2 Å². The number of fused-ring (bicyclic) bond motifs is 1. The lowest BCUT2D eigenvalue weighted by Crippen LogP contribution is -2.50. The minimum absolute atomic E-state index is 0.126. The summed E-state index contributed by atoms with van der Waals surface area (Å²) >= 11 is 0. The molecule has 29 heavy (non-hydrogen) atoms. The molecular weight excluding hydrogens is 364 g/mol. The number of aromatic nitrogens is 1. The van der Waals surface area contributed by atoms with E-state index in [4.69, 9.17) is 0 Å². The molecule has 1 aliphatic rings. The first-order valence-electron chi connectivity index (χ1n) is 10.5. The molecule has 6 heteroatoms. The standard InChI is InChI=1S/C23H30N4O2/c1-15(2)12-17(14-24)25-22(28)18-9-5-6-10-19(18)26-23(29)21-13-16-8-4-7-11-20(16)27(21)3/h4,7-8,11,13,15,17-19H,5-6,9-10,12H2,1-3H3,(H,25,28)(H,26,29). The molecule has 3 atom stereocenters. The summed E-state index contributed by atoms with van der Waals surface area (Å²) in [7, 11) is 1.88. The number of nitrogens with one attached hydrogen (secondary N) is 2. The molecule has 3 rings (SSSR count). The Morgan fingerprint density at radius 3 is 2.66 bits per heavy atom. The number of nitrogens with zero attached hydrogens (tertiary/aromatic N) is 2. The number of amides is 2. The maximum atomic E-state index is 13.0. The molecule has 1 aromatic carbocycles. The Kier molecular flexibility index (Phi) is 6.58. The summed E-state index contributed by atoms with van der Waals surface area (Å²) in [5, 5.41) is 16.3. The van der Waals surface area contributed by atoms with Crippen LogP contribution >= 0.6 is 0 Å². The zero-order valence-corrected chi connectivity index (χ0v) is 17.4. The lowest BCUT2D eigenvalue weighted by atomic mass is 9.83. The first-order chi connectivity index (χ1) is 13.9. The van der Waals surface area contributed by atoms with E-state index in [1.165, 1.54) is 0 Å². The third kappa shape index (κ3) is 4.79. The van der Waals surface area contributed by atoms with Gasteiger partial charge in [0.25, 0.3) is 5.91 Å². The van der Waals surface area contributed by atoms with Crippen LogP contribution in [0.15, 0.2) is 30.3 Å². The van der Waals surface area contributed by atoms with E-state index >= 15 is 0 Å². The number of carbonyl (C=O) groups excluding carboxylic acids is 2. The predicted octanol–water partition coefficient (Wildman–Crippen LogP) is 3.52. The van der Waals surface area contributed by atoms with E-state index in [9.17, 15) is 14.9 Å². The van der Waals surface area contributed by atoms with Gasteiger partial charge >= 0.3 is 0 Å². The summed E-state index contributed by atoms with van der Waals surface area (Å²) in [6.07, 6.45) is 4.07. The third-order valence-corrected chi connectivity index (χ3v) is 5.78. The van der Waals surface area contributed by atoms with Crippen LogP contribution in [0.3, 0.4) is 0 Å². The average Bonchev–Trinajstić information content (AvgIpc) is 3.04. The maximum absolute atomic E-state index is 13.0. The van der Waals surface area contributed by atoms with Crippen molar-refractivity contribution in [2.24, 2.45) is 18.9 Å². The largest absolute Gasteiger partial charge is 0.347 e. The molecule has 2 aromatic rings. The van der Waals surface area contributed by atoms with Crippen molar-refractivity contribution in [3.05, 3.63) is 36.0 Å². The highest BCUT2D eigenvalue weighted by molar-refractivity contribution is 5.99. The van der Waals surface area contributed by atoms with Crippen molar-refractivity contribution in [1.82, 2.24) is 15.2 Å². The topological polar surface area (TPSA) is 86.9 Å². The Morgan fingerprint density at radius 1 is 1.24 bits per heavy atom. The molecule has 0 bridgehead atoms. The molecule has 0 spiro atoms. The van der Waals surface area contributed by atoms with E-state index in [1.54, 1.807) is 0 Å². The molecule has 154 valence electrons. The highest BCUT2D eigenvalue weighted by Gasteiger charge is 2.33. The Hall–Kier alpha value is -2.81. The Bertz CT molecular complexity index is 925. The van der Waals surface area contributed by atoms with Crippen molar-refractivity contribution in [2.75, 3.05) is 0 Å². The van der Waals surface area contributed by atoms with E-state index in [-0.39, 0.29) is 23.8 Å². The van der Waals surface area contributed by atoms with Crippen LogP contribution in [-0.4, -0.2) is 28.5 Å². The molecule has 0 saturated heterocycles. The first kappa shape index (κ1) is 20.9. The highest BCUT2D eigenvalue weighted by Crippen LogP contribution is 2.26. The number of aryl methyl sites for hydroxylation is 1. The second-order valence-electron chi connectivity index (χ2n) is 8.44. The number of nitriles is 1. The first-order valence-corrected chi connectivity index (χ1v) is 10.5. The average molecular weight is 395 g/mol. The van der Waals surface area contributed by atoms with Gasteiger partial charge in [0.1, 0.15) is 11.7 Å². The van der Waals surface area contributed by atoms with Crippen LogP contribution in [-0.2, 0) is 11.8 Å². The van der Waals surface area contributed by atoms with Crippen molar-refractivity contribution in [3.8, 4) is 6.07 Å². The number of para-hydroxylation sites is 1. The monoisotopic (exact) mass is 394 g/mol. The van der Waals surface area contributed by atoms with Gasteiger partial charge in [-0.3, -0.25) is 9.59 Å². The number of hydrogen-bond donors (Lipinski definition) is 2. The van der Waals surface area contributed by atoms with E-state index in [0.29, 0.717) is 18.0 Å². The van der Waals surface area contributed by atoms with E-state index in [1.807, 2.05) is 55.8 Å². The van der Waals surface area contributed by atoms with Gasteiger partial charge in [-0.05, 0) is 37.3 Å². The van der Waals surface area contributed by atoms with Crippen LogP contribution in [0.4, 0.5) is 0 Å². The molecule has 3 unspecified atom stereocenters. The van der Waals surface area contributed by atoms with Crippen LogP contribution in [0.2, 0.25) is 0 Å². The summed E-state index contributed by atoms with van der Waals surface area (Å²) in [5.41, 5.74) is 1.59. The molecule has 6 nitrogen and oxygen atoms in total. The summed E-state index contributed by atoms with van der Waals surface area (Å²) in [6, 6.07) is 11.2. The highest BCUT2D eigenvalue weighted by atomic mass is 16.2. The fraction of sp³-hybridized carbons (Fsp3) is 0.522. The second-order valence-corrected chi connectivity index (χ2v) is 8.44. The summed E-state index contributed by atoms with van der Waals surface area (Å²) in [4.78, 5) is 25.8. The van der Waals surface area contributed by atoms with Crippen LogP contribution in [0, 0.1) is 23.2 Å². The van der Waals surface area contributed by atoms with Gasteiger partial charge in [-0.1, -0.05) is 44.9 Å². The van der Waals surface area contributed by atoms with Crippen molar-refractivity contribution >= 4 is 22.7 Å². The van der Waals surface area contributed by atoms with Gasteiger partial charge in [-0.2, -0.15) is 5.26 Å². The van der Waals surface area contributed by atoms with Crippen LogP contribution in [0.25, 0.3) is 10.9 Å². The molecular formula is C23H30N4O2. The Labute approximate surface area is 172 Å².